The molecule has 140 valence electrons. The number of aromatic hydroxyl groups is 4. The number of carboxylic acids is 2. The van der Waals surface area contributed by atoms with Crippen LogP contribution in [0.2, 0.25) is 0 Å². The number of imide groups is 1. The SMILES string of the molecule is O=C(O)c1cc(O)cc(C(=O)NC(=O)c2cc(O)cc(C(=O)O)c2O)c1O. The number of phenols is 4. The van der Waals surface area contributed by atoms with Gasteiger partial charge in [0.2, 0.25) is 0 Å². The molecule has 2 aromatic carbocycles. The Kier molecular flexibility index (Phi) is 4.88. The first-order valence-electron chi connectivity index (χ1n) is 6.97. The zero-order chi connectivity index (χ0) is 20.5. The molecule has 0 bridgehead atoms. The number of hydrogen-bond acceptors (Lipinski definition) is 8. The van der Waals surface area contributed by atoms with Crippen LogP contribution in [0.25, 0.3) is 0 Å². The second kappa shape index (κ2) is 6.92. The van der Waals surface area contributed by atoms with Gasteiger partial charge in [-0.05, 0) is 24.3 Å². The molecule has 2 aromatic rings. The number of carboxylic acid groups (broad SMARTS) is 2. The van der Waals surface area contributed by atoms with Gasteiger partial charge >= 0.3 is 11.9 Å². The van der Waals surface area contributed by atoms with E-state index in [1.54, 1.807) is 5.32 Å². The molecule has 0 atom stereocenters. The summed E-state index contributed by atoms with van der Waals surface area (Å²) in [6.45, 7) is 0. The standard InChI is InChI=1S/C16H11NO10/c18-5-1-7(11(20)9(3-5)15(24)25)13(22)17-14(23)8-2-6(19)4-10(12(8)21)16(26)27/h1-4,18-21H,(H,24,25)(H,26,27)(H,17,22,23). The first-order chi connectivity index (χ1) is 12.5. The van der Waals surface area contributed by atoms with E-state index < -0.39 is 69.0 Å². The molecule has 0 spiro atoms. The summed E-state index contributed by atoms with van der Waals surface area (Å²) in [4.78, 5) is 46.2. The number of phenolic OH excluding ortho intramolecular Hbond substituents is 2. The fourth-order valence-electron chi connectivity index (χ4n) is 2.15. The first-order valence-corrected chi connectivity index (χ1v) is 6.97. The van der Waals surface area contributed by atoms with Gasteiger partial charge in [0.05, 0.1) is 11.1 Å². The zero-order valence-corrected chi connectivity index (χ0v) is 13.1. The summed E-state index contributed by atoms with van der Waals surface area (Å²) >= 11 is 0. The predicted octanol–water partition coefficient (Wildman–Crippen LogP) is 0.476. The Morgan fingerprint density at radius 1 is 0.593 bits per heavy atom. The summed E-state index contributed by atoms with van der Waals surface area (Å²) in [6.07, 6.45) is 0. The Bertz CT molecular complexity index is 916. The third-order valence-corrected chi connectivity index (χ3v) is 3.37. The van der Waals surface area contributed by atoms with Crippen LogP contribution in [0, 0.1) is 0 Å². The quantitative estimate of drug-likeness (QED) is 0.290. The van der Waals surface area contributed by atoms with Crippen LogP contribution in [0.1, 0.15) is 41.4 Å². The molecule has 11 nitrogen and oxygen atoms in total. The van der Waals surface area contributed by atoms with Crippen LogP contribution in [0.3, 0.4) is 0 Å². The van der Waals surface area contributed by atoms with E-state index >= 15 is 0 Å². The minimum atomic E-state index is -1.65. The third kappa shape index (κ3) is 3.71. The van der Waals surface area contributed by atoms with Gasteiger partial charge in [0.1, 0.15) is 34.1 Å². The lowest BCUT2D eigenvalue weighted by Gasteiger charge is -2.11. The third-order valence-electron chi connectivity index (χ3n) is 3.37. The Balaban J connectivity index is 2.42. The maximum atomic E-state index is 12.1. The smallest absolute Gasteiger partial charge is 0.339 e. The van der Waals surface area contributed by atoms with E-state index in [0.29, 0.717) is 24.3 Å². The van der Waals surface area contributed by atoms with Crippen molar-refractivity contribution in [2.24, 2.45) is 0 Å². The van der Waals surface area contributed by atoms with Gasteiger partial charge in [-0.15, -0.1) is 0 Å². The maximum Gasteiger partial charge on any atom is 0.339 e. The summed E-state index contributed by atoms with van der Waals surface area (Å²) in [5.41, 5.74) is -3.14. The van der Waals surface area contributed by atoms with Crippen molar-refractivity contribution in [2.45, 2.75) is 0 Å². The van der Waals surface area contributed by atoms with Gasteiger partial charge in [0.15, 0.2) is 0 Å². The highest BCUT2D eigenvalue weighted by atomic mass is 16.4. The van der Waals surface area contributed by atoms with Gasteiger partial charge in [-0.25, -0.2) is 9.59 Å². The van der Waals surface area contributed by atoms with E-state index in [2.05, 4.69) is 0 Å². The van der Waals surface area contributed by atoms with Gasteiger partial charge < -0.3 is 30.6 Å². The predicted molar refractivity (Wildman–Crippen MR) is 85.3 cm³/mol. The van der Waals surface area contributed by atoms with E-state index in [0.717, 1.165) is 0 Å². The second-order valence-corrected chi connectivity index (χ2v) is 5.17. The number of hydrogen-bond donors (Lipinski definition) is 7. The number of carbonyl (C=O) groups excluding carboxylic acids is 2. The fraction of sp³-hybridized carbons (Fsp3) is 0. The molecule has 0 radical (unpaired) electrons. The molecule has 0 aromatic heterocycles. The van der Waals surface area contributed by atoms with Crippen molar-refractivity contribution in [3.63, 3.8) is 0 Å². The molecule has 0 aliphatic rings. The van der Waals surface area contributed by atoms with Crippen LogP contribution in [0.4, 0.5) is 0 Å². The molecule has 0 aliphatic carbocycles. The first kappa shape index (κ1) is 19.1. The molecule has 0 heterocycles. The van der Waals surface area contributed by atoms with Crippen LogP contribution in [-0.4, -0.2) is 54.4 Å². The van der Waals surface area contributed by atoms with Crippen molar-refractivity contribution in [1.82, 2.24) is 5.32 Å². The summed E-state index contributed by atoms with van der Waals surface area (Å²) in [7, 11) is 0. The Labute approximate surface area is 149 Å². The van der Waals surface area contributed by atoms with E-state index in [1.807, 2.05) is 0 Å². The van der Waals surface area contributed by atoms with Gasteiger partial charge in [0.25, 0.3) is 11.8 Å². The van der Waals surface area contributed by atoms with Crippen molar-refractivity contribution < 1.29 is 49.8 Å². The molecule has 0 unspecified atom stereocenters. The normalized spacial score (nSPS) is 10.2. The van der Waals surface area contributed by atoms with Crippen LogP contribution in [-0.2, 0) is 0 Å². The van der Waals surface area contributed by atoms with Crippen molar-refractivity contribution >= 4 is 23.8 Å². The molecule has 0 saturated heterocycles. The minimum absolute atomic E-state index is 0.677. The number of rotatable bonds is 4. The highest BCUT2D eigenvalue weighted by Crippen LogP contribution is 2.30. The highest BCUT2D eigenvalue weighted by Gasteiger charge is 2.25. The molecular weight excluding hydrogens is 366 g/mol. The van der Waals surface area contributed by atoms with Crippen LogP contribution in [0.15, 0.2) is 24.3 Å². The molecule has 11 heteroatoms. The molecule has 0 saturated carbocycles. The molecule has 27 heavy (non-hydrogen) atoms. The maximum absolute atomic E-state index is 12.1. The van der Waals surface area contributed by atoms with Gasteiger partial charge in [-0.3, -0.25) is 14.9 Å². The molecule has 2 rings (SSSR count). The summed E-state index contributed by atoms with van der Waals surface area (Å²) in [5, 5.41) is 58.1. The Hall–Kier alpha value is -4.28. The van der Waals surface area contributed by atoms with Gasteiger partial charge in [0, 0.05) is 0 Å². The zero-order valence-electron chi connectivity index (χ0n) is 13.1. The lowest BCUT2D eigenvalue weighted by atomic mass is 10.1. The number of carbonyl (C=O) groups is 4. The van der Waals surface area contributed by atoms with Crippen molar-refractivity contribution in [3.05, 3.63) is 46.5 Å². The van der Waals surface area contributed by atoms with Crippen molar-refractivity contribution in [3.8, 4) is 23.0 Å². The average molecular weight is 377 g/mol. The van der Waals surface area contributed by atoms with Gasteiger partial charge in [-0.1, -0.05) is 0 Å². The summed E-state index contributed by atoms with van der Waals surface area (Å²) in [5.74, 6) is -9.44. The van der Waals surface area contributed by atoms with E-state index in [4.69, 9.17) is 10.2 Å². The van der Waals surface area contributed by atoms with E-state index in [1.165, 1.54) is 0 Å². The topological polar surface area (TPSA) is 202 Å². The molecule has 2 amide bonds. The van der Waals surface area contributed by atoms with Crippen LogP contribution >= 0.6 is 0 Å². The number of nitrogens with one attached hydrogen (secondary N) is 1. The molecule has 7 N–H and O–H groups in total. The van der Waals surface area contributed by atoms with Crippen LogP contribution < -0.4 is 5.32 Å². The minimum Gasteiger partial charge on any atom is -0.508 e. The fourth-order valence-corrected chi connectivity index (χ4v) is 2.15. The summed E-state index contributed by atoms with van der Waals surface area (Å²) in [6, 6.07) is 2.73. The number of benzene rings is 2. The number of amides is 2. The average Bonchev–Trinajstić information content (AvgIpc) is 2.57. The van der Waals surface area contributed by atoms with E-state index in [-0.39, 0.29) is 0 Å². The largest absolute Gasteiger partial charge is 0.508 e. The second-order valence-electron chi connectivity index (χ2n) is 5.17. The van der Waals surface area contributed by atoms with Gasteiger partial charge in [-0.2, -0.15) is 0 Å². The molecule has 0 aliphatic heterocycles. The lowest BCUT2D eigenvalue weighted by Crippen LogP contribution is -2.31. The van der Waals surface area contributed by atoms with E-state index in [9.17, 15) is 39.6 Å². The van der Waals surface area contributed by atoms with Crippen LogP contribution in [0.5, 0.6) is 23.0 Å². The summed E-state index contributed by atoms with van der Waals surface area (Å²) < 4.78 is 0. The lowest BCUT2D eigenvalue weighted by molar-refractivity contribution is 0.0681. The molecular formula is C16H11NO10. The monoisotopic (exact) mass is 377 g/mol. The molecule has 0 fully saturated rings. The highest BCUT2D eigenvalue weighted by molar-refractivity contribution is 6.14. The van der Waals surface area contributed by atoms with Crippen molar-refractivity contribution in [2.75, 3.05) is 0 Å². The number of aromatic carboxylic acids is 2. The van der Waals surface area contributed by atoms with Crippen molar-refractivity contribution in [1.29, 1.82) is 0 Å². The Morgan fingerprint density at radius 3 is 1.19 bits per heavy atom. The Morgan fingerprint density at radius 2 is 0.889 bits per heavy atom.